The minimum atomic E-state index is 0.600. The molecule has 0 spiro atoms. The van der Waals surface area contributed by atoms with Gasteiger partial charge in [0.15, 0.2) is 5.76 Å². The van der Waals surface area contributed by atoms with Crippen LogP contribution in [0.2, 0.25) is 0 Å². The smallest absolute Gasteiger partial charge is 0.158 e. The molecule has 6 heteroatoms. The molecule has 0 aromatic carbocycles. The number of nitrogens with zero attached hydrogens (tertiary/aromatic N) is 3. The van der Waals surface area contributed by atoms with Gasteiger partial charge in [0.25, 0.3) is 0 Å². The minimum Gasteiger partial charge on any atom is -0.359 e. The normalized spacial score (nSPS) is 10.8. The van der Waals surface area contributed by atoms with Crippen molar-refractivity contribution >= 4 is 15.9 Å². The first-order valence-electron chi connectivity index (χ1n) is 4.55. The molecule has 2 aromatic rings. The summed E-state index contributed by atoms with van der Waals surface area (Å²) in [5.74, 6) is 0.802. The van der Waals surface area contributed by atoms with Crippen LogP contribution in [0.25, 0.3) is 0 Å². The van der Waals surface area contributed by atoms with Crippen LogP contribution in [0, 0.1) is 0 Å². The highest BCUT2D eigenvalue weighted by Gasteiger charge is 2.04. The molecule has 0 saturated heterocycles. The lowest BCUT2D eigenvalue weighted by Crippen LogP contribution is -2.04. The van der Waals surface area contributed by atoms with Gasteiger partial charge in [-0.1, -0.05) is 5.16 Å². The lowest BCUT2D eigenvalue weighted by atomic mass is 10.3. The molecule has 2 rings (SSSR count). The Labute approximate surface area is 95.6 Å². The molecule has 0 fully saturated rings. The summed E-state index contributed by atoms with van der Waals surface area (Å²) in [6.45, 7) is 1.31. The van der Waals surface area contributed by atoms with Crippen LogP contribution in [-0.2, 0) is 13.1 Å². The quantitative estimate of drug-likeness (QED) is 0.913. The zero-order valence-corrected chi connectivity index (χ0v) is 9.86. The molecule has 80 valence electrons. The van der Waals surface area contributed by atoms with Gasteiger partial charge in [0.1, 0.15) is 6.54 Å². The molecular formula is C9H11BrN4O. The highest BCUT2D eigenvalue weighted by Crippen LogP contribution is 2.09. The highest BCUT2D eigenvalue weighted by atomic mass is 79.9. The number of nitrogens with one attached hydrogen (secondary N) is 1. The summed E-state index contributed by atoms with van der Waals surface area (Å²) < 4.78 is 7.91. The van der Waals surface area contributed by atoms with Gasteiger partial charge in [0.05, 0.1) is 16.4 Å². The summed E-state index contributed by atoms with van der Waals surface area (Å²) in [6, 6.07) is 1.92. The Morgan fingerprint density at radius 1 is 1.60 bits per heavy atom. The van der Waals surface area contributed by atoms with E-state index in [1.54, 1.807) is 10.9 Å². The highest BCUT2D eigenvalue weighted by molar-refractivity contribution is 9.10. The van der Waals surface area contributed by atoms with Crippen LogP contribution in [0.5, 0.6) is 0 Å². The predicted molar refractivity (Wildman–Crippen MR) is 58.3 cm³/mol. The fraction of sp³-hybridized carbons (Fsp3) is 0.333. The second kappa shape index (κ2) is 4.59. The maximum atomic E-state index is 5.16. The standard InChI is InChI=1S/C9H11BrN4O/c1-11-4-8-2-9(15-13-8)6-14-5-7(10)3-12-14/h2-3,5,11H,4,6H2,1H3. The second-order valence-corrected chi connectivity index (χ2v) is 4.09. The van der Waals surface area contributed by atoms with Gasteiger partial charge in [-0.3, -0.25) is 4.68 Å². The SMILES string of the molecule is CNCc1cc(Cn2cc(Br)cn2)on1. The molecule has 5 nitrogen and oxygen atoms in total. The van der Waals surface area contributed by atoms with E-state index in [1.807, 2.05) is 19.3 Å². The third-order valence-corrected chi connectivity index (χ3v) is 2.29. The molecule has 0 aliphatic rings. The topological polar surface area (TPSA) is 55.9 Å². The molecule has 0 radical (unpaired) electrons. The Morgan fingerprint density at radius 2 is 2.47 bits per heavy atom. The van der Waals surface area contributed by atoms with Crippen LogP contribution >= 0.6 is 15.9 Å². The average molecular weight is 271 g/mol. The molecule has 0 saturated carbocycles. The molecule has 0 amide bonds. The van der Waals surface area contributed by atoms with Gasteiger partial charge in [-0.15, -0.1) is 0 Å². The third kappa shape index (κ3) is 2.66. The van der Waals surface area contributed by atoms with Gasteiger partial charge in [0, 0.05) is 18.8 Å². The van der Waals surface area contributed by atoms with E-state index in [0.717, 1.165) is 15.9 Å². The van der Waals surface area contributed by atoms with E-state index in [1.165, 1.54) is 0 Å². The molecule has 0 aliphatic carbocycles. The van der Waals surface area contributed by atoms with E-state index < -0.39 is 0 Å². The number of halogens is 1. The second-order valence-electron chi connectivity index (χ2n) is 3.17. The third-order valence-electron chi connectivity index (χ3n) is 1.89. The van der Waals surface area contributed by atoms with Gasteiger partial charge in [-0.2, -0.15) is 5.10 Å². The Hall–Kier alpha value is -1.14. The summed E-state index contributed by atoms with van der Waals surface area (Å²) >= 11 is 3.34. The van der Waals surface area contributed by atoms with Crippen molar-refractivity contribution in [2.45, 2.75) is 13.1 Å². The van der Waals surface area contributed by atoms with Crippen molar-refractivity contribution in [2.75, 3.05) is 7.05 Å². The van der Waals surface area contributed by atoms with Crippen LogP contribution in [0.4, 0.5) is 0 Å². The van der Waals surface area contributed by atoms with Crippen LogP contribution in [-0.4, -0.2) is 22.0 Å². The van der Waals surface area contributed by atoms with Crippen molar-refractivity contribution in [3.63, 3.8) is 0 Å². The van der Waals surface area contributed by atoms with Crippen LogP contribution < -0.4 is 5.32 Å². The molecular weight excluding hydrogens is 260 g/mol. The van der Waals surface area contributed by atoms with Gasteiger partial charge in [-0.25, -0.2) is 0 Å². The Bertz CT molecular complexity index is 437. The lowest BCUT2D eigenvalue weighted by Gasteiger charge is -1.94. The largest absolute Gasteiger partial charge is 0.359 e. The van der Waals surface area contributed by atoms with Gasteiger partial charge >= 0.3 is 0 Å². The van der Waals surface area contributed by atoms with Crippen molar-refractivity contribution in [1.29, 1.82) is 0 Å². The monoisotopic (exact) mass is 270 g/mol. The zero-order chi connectivity index (χ0) is 10.7. The number of rotatable bonds is 4. The maximum absolute atomic E-state index is 5.16. The van der Waals surface area contributed by atoms with E-state index >= 15 is 0 Å². The number of hydrogen-bond acceptors (Lipinski definition) is 4. The van der Waals surface area contributed by atoms with Gasteiger partial charge in [0.2, 0.25) is 0 Å². The fourth-order valence-electron chi connectivity index (χ4n) is 1.28. The van der Waals surface area contributed by atoms with Gasteiger partial charge in [-0.05, 0) is 23.0 Å². The molecule has 0 aliphatic heterocycles. The van der Waals surface area contributed by atoms with E-state index in [2.05, 4.69) is 31.5 Å². The van der Waals surface area contributed by atoms with E-state index in [-0.39, 0.29) is 0 Å². The molecule has 0 bridgehead atoms. The Morgan fingerprint density at radius 3 is 3.13 bits per heavy atom. The van der Waals surface area contributed by atoms with Crippen molar-refractivity contribution in [2.24, 2.45) is 0 Å². The lowest BCUT2D eigenvalue weighted by molar-refractivity contribution is 0.365. The van der Waals surface area contributed by atoms with E-state index in [9.17, 15) is 0 Å². The minimum absolute atomic E-state index is 0.600. The first kappa shape index (κ1) is 10.4. The fourth-order valence-corrected chi connectivity index (χ4v) is 1.61. The van der Waals surface area contributed by atoms with E-state index in [0.29, 0.717) is 13.1 Å². The zero-order valence-electron chi connectivity index (χ0n) is 8.27. The Kier molecular flexibility index (Phi) is 3.17. The molecule has 2 heterocycles. The molecule has 0 atom stereocenters. The summed E-state index contributed by atoms with van der Waals surface area (Å²) in [4.78, 5) is 0. The van der Waals surface area contributed by atoms with Crippen LogP contribution in [0.1, 0.15) is 11.5 Å². The van der Waals surface area contributed by atoms with Crippen molar-refractivity contribution in [3.8, 4) is 0 Å². The first-order chi connectivity index (χ1) is 7.28. The molecule has 0 unspecified atom stereocenters. The molecule has 1 N–H and O–H groups in total. The van der Waals surface area contributed by atoms with Crippen LogP contribution in [0.15, 0.2) is 27.5 Å². The van der Waals surface area contributed by atoms with Gasteiger partial charge < -0.3 is 9.84 Å². The van der Waals surface area contributed by atoms with Crippen molar-refractivity contribution in [1.82, 2.24) is 20.3 Å². The first-order valence-corrected chi connectivity index (χ1v) is 5.34. The number of hydrogen-bond donors (Lipinski definition) is 1. The summed E-state index contributed by atoms with van der Waals surface area (Å²) in [7, 11) is 1.87. The summed E-state index contributed by atoms with van der Waals surface area (Å²) in [5.41, 5.74) is 0.902. The van der Waals surface area contributed by atoms with Crippen LogP contribution in [0.3, 0.4) is 0 Å². The molecule has 15 heavy (non-hydrogen) atoms. The maximum Gasteiger partial charge on any atom is 0.158 e. The molecule has 2 aromatic heterocycles. The Balaban J connectivity index is 2.04. The van der Waals surface area contributed by atoms with Crippen molar-refractivity contribution < 1.29 is 4.52 Å². The predicted octanol–water partition coefficient (Wildman–Crippen LogP) is 1.40. The summed E-state index contributed by atoms with van der Waals surface area (Å²) in [5, 5.41) is 11.1. The summed E-state index contributed by atoms with van der Waals surface area (Å²) in [6.07, 6.45) is 3.63. The van der Waals surface area contributed by atoms with E-state index in [4.69, 9.17) is 4.52 Å². The number of aromatic nitrogens is 3. The average Bonchev–Trinajstić information content (AvgIpc) is 2.78. The van der Waals surface area contributed by atoms with Crippen molar-refractivity contribution in [3.05, 3.63) is 34.4 Å².